The lowest BCUT2D eigenvalue weighted by Gasteiger charge is -2.52. The van der Waals surface area contributed by atoms with Crippen LogP contribution in [0, 0.1) is 0 Å². The van der Waals surface area contributed by atoms with Crippen LogP contribution < -0.4 is 10.2 Å². The maximum Gasteiger partial charge on any atom is 0.245 e. The third-order valence-electron chi connectivity index (χ3n) is 6.23. The molecule has 0 bridgehead atoms. The summed E-state index contributed by atoms with van der Waals surface area (Å²) in [7, 11) is 0. The van der Waals surface area contributed by atoms with E-state index in [-0.39, 0.29) is 23.9 Å². The highest BCUT2D eigenvalue weighted by atomic mass is 32.1. The van der Waals surface area contributed by atoms with E-state index in [0.717, 1.165) is 57.0 Å². The second-order valence-electron chi connectivity index (χ2n) is 8.33. The van der Waals surface area contributed by atoms with Crippen LogP contribution in [0.5, 0.6) is 0 Å². The van der Waals surface area contributed by atoms with E-state index in [1.807, 2.05) is 30.3 Å². The number of anilines is 1. The molecule has 3 fully saturated rings. The molecule has 1 aliphatic carbocycles. The molecule has 3 aliphatic rings. The molecule has 0 unspecified atom stereocenters. The minimum atomic E-state index is -0.779. The minimum absolute atomic E-state index is 0.0208. The number of amides is 2. The lowest BCUT2D eigenvalue weighted by atomic mass is 9.82. The van der Waals surface area contributed by atoms with Gasteiger partial charge in [0.25, 0.3) is 0 Å². The van der Waals surface area contributed by atoms with Crippen molar-refractivity contribution in [2.75, 3.05) is 37.6 Å². The number of piperazine rings is 2. The maximum atomic E-state index is 13.3. The van der Waals surface area contributed by atoms with Crippen LogP contribution in [0.2, 0.25) is 0 Å². The van der Waals surface area contributed by atoms with Crippen molar-refractivity contribution in [3.63, 3.8) is 0 Å². The molecule has 2 aliphatic heterocycles. The van der Waals surface area contributed by atoms with Gasteiger partial charge in [0.2, 0.25) is 11.8 Å². The molecule has 3 heterocycles. The quantitative estimate of drug-likeness (QED) is 0.842. The van der Waals surface area contributed by atoms with Crippen molar-refractivity contribution in [3.8, 4) is 0 Å². The van der Waals surface area contributed by atoms with Gasteiger partial charge in [0.1, 0.15) is 5.54 Å². The van der Waals surface area contributed by atoms with Crippen molar-refractivity contribution in [1.29, 1.82) is 0 Å². The fraction of sp³-hybridized carbons (Fsp3) is 0.737. The molecule has 4 rings (SSSR count). The average molecular weight is 392 g/mol. The number of nitrogens with zero attached hydrogens (tertiary/aromatic N) is 4. The Hall–Kier alpha value is -1.67. The predicted molar refractivity (Wildman–Crippen MR) is 106 cm³/mol. The summed E-state index contributed by atoms with van der Waals surface area (Å²) in [5, 5.41) is 6.21. The molecule has 1 N–H and O–H groups in total. The summed E-state index contributed by atoms with van der Waals surface area (Å²) in [5.41, 5.74) is -0.779. The monoisotopic (exact) mass is 391 g/mol. The van der Waals surface area contributed by atoms with Crippen LogP contribution in [0.25, 0.3) is 0 Å². The topological polar surface area (TPSA) is 68.8 Å². The van der Waals surface area contributed by atoms with Crippen LogP contribution in [0.1, 0.15) is 39.5 Å². The van der Waals surface area contributed by atoms with Gasteiger partial charge in [-0.3, -0.25) is 14.5 Å². The van der Waals surface area contributed by atoms with E-state index in [1.165, 1.54) is 0 Å². The van der Waals surface area contributed by atoms with E-state index in [4.69, 9.17) is 0 Å². The number of carbonyl (C=O) groups is 2. The molecule has 0 radical (unpaired) electrons. The summed E-state index contributed by atoms with van der Waals surface area (Å²) < 4.78 is 0. The largest absolute Gasteiger partial charge is 0.349 e. The normalized spacial score (nSPS) is 28.6. The lowest BCUT2D eigenvalue weighted by molar-refractivity contribution is -0.158. The first-order valence-corrected chi connectivity index (χ1v) is 10.8. The summed E-state index contributed by atoms with van der Waals surface area (Å²) in [6.07, 6.45) is 6.05. The van der Waals surface area contributed by atoms with Crippen LogP contribution in [0.3, 0.4) is 0 Å². The van der Waals surface area contributed by atoms with Crippen LogP contribution in [-0.2, 0) is 9.59 Å². The number of aromatic nitrogens is 1. The van der Waals surface area contributed by atoms with E-state index in [2.05, 4.69) is 20.1 Å². The molecule has 2 amide bonds. The molecule has 1 aromatic rings. The van der Waals surface area contributed by atoms with Crippen LogP contribution >= 0.6 is 11.3 Å². The van der Waals surface area contributed by atoms with Crippen molar-refractivity contribution in [3.05, 3.63) is 11.6 Å². The molecule has 1 saturated carbocycles. The van der Waals surface area contributed by atoms with E-state index < -0.39 is 5.54 Å². The molecule has 1 aromatic heterocycles. The zero-order valence-corrected chi connectivity index (χ0v) is 17.0. The molecule has 7 nitrogen and oxygen atoms in total. The Morgan fingerprint density at radius 1 is 1.26 bits per heavy atom. The van der Waals surface area contributed by atoms with Crippen molar-refractivity contribution in [1.82, 2.24) is 20.1 Å². The Bertz CT molecular complexity index is 684. The van der Waals surface area contributed by atoms with Crippen molar-refractivity contribution in [2.24, 2.45) is 0 Å². The number of carbonyl (C=O) groups excluding carboxylic acids is 2. The fourth-order valence-corrected chi connectivity index (χ4v) is 5.39. The van der Waals surface area contributed by atoms with Gasteiger partial charge in [-0.25, -0.2) is 4.98 Å². The smallest absolute Gasteiger partial charge is 0.245 e. The Labute approximate surface area is 164 Å². The maximum absolute atomic E-state index is 13.3. The van der Waals surface area contributed by atoms with E-state index in [9.17, 15) is 9.59 Å². The first kappa shape index (κ1) is 18.7. The van der Waals surface area contributed by atoms with Crippen LogP contribution in [0.4, 0.5) is 5.13 Å². The second kappa shape index (κ2) is 7.39. The van der Waals surface area contributed by atoms with Crippen molar-refractivity contribution in [2.45, 2.75) is 57.2 Å². The molecule has 8 heteroatoms. The third kappa shape index (κ3) is 3.57. The number of rotatable bonds is 3. The first-order valence-electron chi connectivity index (χ1n) is 9.97. The Balaban J connectivity index is 1.41. The van der Waals surface area contributed by atoms with Gasteiger partial charge in [0.15, 0.2) is 5.13 Å². The zero-order valence-electron chi connectivity index (χ0n) is 16.2. The Morgan fingerprint density at radius 2 is 2.00 bits per heavy atom. The fourth-order valence-electron chi connectivity index (χ4n) is 4.69. The average Bonchev–Trinajstić information content (AvgIpc) is 3.18. The minimum Gasteiger partial charge on any atom is -0.349 e. The summed E-state index contributed by atoms with van der Waals surface area (Å²) >= 11 is 1.66. The highest BCUT2D eigenvalue weighted by Crippen LogP contribution is 2.33. The van der Waals surface area contributed by atoms with Crippen molar-refractivity contribution < 1.29 is 9.59 Å². The molecular formula is C19H29N5O2S. The van der Waals surface area contributed by atoms with Gasteiger partial charge in [-0.05, 0) is 26.7 Å². The summed E-state index contributed by atoms with van der Waals surface area (Å²) in [6.45, 7) is 7.62. The van der Waals surface area contributed by atoms with Crippen molar-refractivity contribution >= 4 is 28.3 Å². The molecule has 2 atom stereocenters. The van der Waals surface area contributed by atoms with Gasteiger partial charge in [-0.15, -0.1) is 11.3 Å². The second-order valence-corrected chi connectivity index (χ2v) is 9.21. The Morgan fingerprint density at radius 3 is 2.70 bits per heavy atom. The summed E-state index contributed by atoms with van der Waals surface area (Å²) in [5.74, 6) is 0.0713. The van der Waals surface area contributed by atoms with E-state index >= 15 is 0 Å². The van der Waals surface area contributed by atoms with Gasteiger partial charge in [0.05, 0.1) is 12.6 Å². The molecule has 27 heavy (non-hydrogen) atoms. The van der Waals surface area contributed by atoms with Gasteiger partial charge >= 0.3 is 0 Å². The summed E-state index contributed by atoms with van der Waals surface area (Å²) in [6, 6.07) is 0.250. The summed E-state index contributed by atoms with van der Waals surface area (Å²) in [4.78, 5) is 36.7. The molecule has 0 spiro atoms. The number of nitrogens with one attached hydrogen (secondary N) is 1. The predicted octanol–water partition coefficient (Wildman–Crippen LogP) is 1.31. The van der Waals surface area contributed by atoms with Gasteiger partial charge < -0.3 is 15.1 Å². The molecule has 0 aromatic carbocycles. The van der Waals surface area contributed by atoms with Crippen LogP contribution in [0.15, 0.2) is 11.6 Å². The highest BCUT2D eigenvalue weighted by Gasteiger charge is 2.50. The first-order chi connectivity index (χ1) is 13.0. The number of thiazole rings is 1. The highest BCUT2D eigenvalue weighted by molar-refractivity contribution is 7.13. The number of hydrogen-bond donors (Lipinski definition) is 1. The number of fused-ring (bicyclic) bond motifs is 1. The van der Waals surface area contributed by atoms with E-state index in [0.29, 0.717) is 6.54 Å². The standard InChI is InChI=1S/C19H29N5O2S/c1-19(2)17(26)21-14-5-3-4-6-15(14)24(19)16(25)13-22-8-10-23(11-9-22)18-20-7-12-27-18/h7,12,14-15H,3-6,8-11,13H2,1-2H3,(H,21,26)/t14-,15-/m1/s1. The zero-order chi connectivity index (χ0) is 19.0. The van der Waals surface area contributed by atoms with Gasteiger partial charge in [-0.2, -0.15) is 0 Å². The Kier molecular flexibility index (Phi) is 5.11. The third-order valence-corrected chi connectivity index (χ3v) is 7.06. The van der Waals surface area contributed by atoms with Gasteiger partial charge in [0, 0.05) is 43.8 Å². The SMILES string of the molecule is CC1(C)C(=O)N[C@@H]2CCCC[C@H]2N1C(=O)CN1CCN(c2nccs2)CC1. The van der Waals surface area contributed by atoms with Gasteiger partial charge in [-0.1, -0.05) is 12.8 Å². The number of hydrogen-bond acceptors (Lipinski definition) is 6. The molecular weight excluding hydrogens is 362 g/mol. The molecule has 2 saturated heterocycles. The van der Waals surface area contributed by atoms with E-state index in [1.54, 1.807) is 11.3 Å². The van der Waals surface area contributed by atoms with Crippen LogP contribution in [-0.4, -0.2) is 76.9 Å². The lowest BCUT2D eigenvalue weighted by Crippen LogP contribution is -2.72. The molecule has 148 valence electrons.